The van der Waals surface area contributed by atoms with Gasteiger partial charge in [-0.1, -0.05) is 19.1 Å². The highest BCUT2D eigenvalue weighted by Gasteiger charge is 2.25. The lowest BCUT2D eigenvalue weighted by Crippen LogP contribution is -2.45. The first-order valence-corrected chi connectivity index (χ1v) is 7.62. The standard InChI is InChI=1S/C14H19IN2O/c1-2-11-7-5-6-10-17(11)14(18)16-13-9-4-3-8-12(13)15/h3-4,8-9,11H,2,5-7,10H2,1H3,(H,16,18). The Kier molecular flexibility index (Phi) is 4.86. The molecule has 1 unspecified atom stereocenters. The van der Waals surface area contributed by atoms with Crippen LogP contribution in [0.5, 0.6) is 0 Å². The number of hydrogen-bond acceptors (Lipinski definition) is 1. The molecule has 0 spiro atoms. The van der Waals surface area contributed by atoms with Gasteiger partial charge in [-0.05, 0) is 60.4 Å². The van der Waals surface area contributed by atoms with Gasteiger partial charge in [-0.2, -0.15) is 0 Å². The predicted octanol–water partition coefficient (Wildman–Crippen LogP) is 4.09. The van der Waals surface area contributed by atoms with Crippen molar-refractivity contribution in [1.82, 2.24) is 4.90 Å². The van der Waals surface area contributed by atoms with Crippen LogP contribution in [-0.2, 0) is 0 Å². The van der Waals surface area contributed by atoms with Crippen molar-refractivity contribution in [3.8, 4) is 0 Å². The Hall–Kier alpha value is -0.780. The number of hydrogen-bond donors (Lipinski definition) is 1. The minimum atomic E-state index is 0.0469. The Morgan fingerprint density at radius 2 is 2.22 bits per heavy atom. The number of likely N-dealkylation sites (tertiary alicyclic amines) is 1. The molecule has 1 fully saturated rings. The quantitative estimate of drug-likeness (QED) is 0.794. The van der Waals surface area contributed by atoms with Crippen molar-refractivity contribution in [3.05, 3.63) is 27.8 Å². The molecule has 18 heavy (non-hydrogen) atoms. The number of urea groups is 1. The summed E-state index contributed by atoms with van der Waals surface area (Å²) in [6.45, 7) is 3.04. The molecule has 3 nitrogen and oxygen atoms in total. The van der Waals surface area contributed by atoms with E-state index in [9.17, 15) is 4.79 Å². The van der Waals surface area contributed by atoms with Crippen molar-refractivity contribution < 1.29 is 4.79 Å². The highest BCUT2D eigenvalue weighted by Crippen LogP contribution is 2.22. The van der Waals surface area contributed by atoms with E-state index in [-0.39, 0.29) is 6.03 Å². The molecule has 1 N–H and O–H groups in total. The summed E-state index contributed by atoms with van der Waals surface area (Å²) in [5.74, 6) is 0. The molecule has 2 rings (SSSR count). The fourth-order valence-electron chi connectivity index (χ4n) is 2.44. The fraction of sp³-hybridized carbons (Fsp3) is 0.500. The first-order chi connectivity index (χ1) is 8.72. The van der Waals surface area contributed by atoms with Crippen molar-refractivity contribution in [2.75, 3.05) is 11.9 Å². The Morgan fingerprint density at radius 3 is 2.94 bits per heavy atom. The van der Waals surface area contributed by atoms with Crippen LogP contribution in [0.1, 0.15) is 32.6 Å². The van der Waals surface area contributed by atoms with Gasteiger partial charge in [0.15, 0.2) is 0 Å². The largest absolute Gasteiger partial charge is 0.322 e. The van der Waals surface area contributed by atoms with Crippen LogP contribution in [0.2, 0.25) is 0 Å². The average Bonchev–Trinajstić information content (AvgIpc) is 2.41. The monoisotopic (exact) mass is 358 g/mol. The van der Waals surface area contributed by atoms with Crippen LogP contribution in [0, 0.1) is 3.57 Å². The van der Waals surface area contributed by atoms with Crippen molar-refractivity contribution in [3.63, 3.8) is 0 Å². The summed E-state index contributed by atoms with van der Waals surface area (Å²) in [5, 5.41) is 3.02. The Bertz CT molecular complexity index is 422. The first kappa shape index (κ1) is 13.6. The van der Waals surface area contributed by atoms with Crippen LogP contribution in [0.4, 0.5) is 10.5 Å². The molecular formula is C14H19IN2O. The zero-order chi connectivity index (χ0) is 13.0. The van der Waals surface area contributed by atoms with E-state index in [0.29, 0.717) is 6.04 Å². The fourth-order valence-corrected chi connectivity index (χ4v) is 2.96. The summed E-state index contributed by atoms with van der Waals surface area (Å²) in [6.07, 6.45) is 4.54. The number of amides is 2. The van der Waals surface area contributed by atoms with E-state index in [1.165, 1.54) is 6.42 Å². The summed E-state index contributed by atoms with van der Waals surface area (Å²) < 4.78 is 1.08. The van der Waals surface area contributed by atoms with Crippen molar-refractivity contribution in [1.29, 1.82) is 0 Å². The van der Waals surface area contributed by atoms with E-state index in [0.717, 1.165) is 35.1 Å². The zero-order valence-corrected chi connectivity index (χ0v) is 12.8. The number of piperidine rings is 1. The molecule has 2 amide bonds. The lowest BCUT2D eigenvalue weighted by Gasteiger charge is -2.35. The molecule has 1 aromatic carbocycles. The lowest BCUT2D eigenvalue weighted by atomic mass is 10.0. The van der Waals surface area contributed by atoms with Gasteiger partial charge in [0.25, 0.3) is 0 Å². The van der Waals surface area contributed by atoms with Gasteiger partial charge in [0.05, 0.1) is 5.69 Å². The van der Waals surface area contributed by atoms with E-state index in [1.807, 2.05) is 29.2 Å². The molecule has 0 aromatic heterocycles. The predicted molar refractivity (Wildman–Crippen MR) is 82.8 cm³/mol. The molecule has 1 aliphatic rings. The topological polar surface area (TPSA) is 32.3 Å². The second kappa shape index (κ2) is 6.41. The Labute approximate surface area is 122 Å². The highest BCUT2D eigenvalue weighted by molar-refractivity contribution is 14.1. The molecular weight excluding hydrogens is 339 g/mol. The average molecular weight is 358 g/mol. The summed E-state index contributed by atoms with van der Waals surface area (Å²) in [6, 6.07) is 8.33. The first-order valence-electron chi connectivity index (χ1n) is 6.54. The third-order valence-corrected chi connectivity index (χ3v) is 4.42. The highest BCUT2D eigenvalue weighted by atomic mass is 127. The van der Waals surface area contributed by atoms with Gasteiger partial charge in [0.1, 0.15) is 0 Å². The van der Waals surface area contributed by atoms with Crippen molar-refractivity contribution in [2.24, 2.45) is 0 Å². The van der Waals surface area contributed by atoms with Gasteiger partial charge in [-0.15, -0.1) is 0 Å². The third-order valence-electron chi connectivity index (χ3n) is 3.47. The van der Waals surface area contributed by atoms with E-state index >= 15 is 0 Å². The van der Waals surface area contributed by atoms with E-state index in [2.05, 4.69) is 34.8 Å². The molecule has 0 radical (unpaired) electrons. The SMILES string of the molecule is CCC1CCCCN1C(=O)Nc1ccccc1I. The summed E-state index contributed by atoms with van der Waals surface area (Å²) >= 11 is 2.25. The Balaban J connectivity index is 2.05. The molecule has 0 bridgehead atoms. The summed E-state index contributed by atoms with van der Waals surface area (Å²) in [5.41, 5.74) is 0.906. The van der Waals surface area contributed by atoms with Crippen molar-refractivity contribution in [2.45, 2.75) is 38.6 Å². The number of carbonyl (C=O) groups is 1. The number of benzene rings is 1. The minimum Gasteiger partial charge on any atom is -0.322 e. The van der Waals surface area contributed by atoms with Gasteiger partial charge < -0.3 is 10.2 Å². The van der Waals surface area contributed by atoms with Crippen molar-refractivity contribution >= 4 is 34.3 Å². The normalized spacial score (nSPS) is 19.7. The third kappa shape index (κ3) is 3.16. The van der Waals surface area contributed by atoms with Crippen LogP contribution in [0.3, 0.4) is 0 Å². The Morgan fingerprint density at radius 1 is 1.44 bits per heavy atom. The van der Waals surface area contributed by atoms with Gasteiger partial charge in [0.2, 0.25) is 0 Å². The summed E-state index contributed by atoms with van der Waals surface area (Å²) in [7, 11) is 0. The second-order valence-electron chi connectivity index (χ2n) is 4.66. The molecule has 1 saturated heterocycles. The smallest absolute Gasteiger partial charge is 0.322 e. The van der Waals surface area contributed by atoms with Crippen LogP contribution < -0.4 is 5.32 Å². The maximum Gasteiger partial charge on any atom is 0.322 e. The maximum atomic E-state index is 12.3. The maximum absolute atomic E-state index is 12.3. The molecule has 0 saturated carbocycles. The molecule has 1 aliphatic heterocycles. The van der Waals surface area contributed by atoms with Crippen LogP contribution in [0.15, 0.2) is 24.3 Å². The van der Waals surface area contributed by atoms with Crippen LogP contribution >= 0.6 is 22.6 Å². The minimum absolute atomic E-state index is 0.0469. The zero-order valence-electron chi connectivity index (χ0n) is 10.7. The van der Waals surface area contributed by atoms with Gasteiger partial charge in [-0.25, -0.2) is 4.79 Å². The second-order valence-corrected chi connectivity index (χ2v) is 5.82. The number of nitrogens with one attached hydrogen (secondary N) is 1. The number of carbonyl (C=O) groups excluding carboxylic acids is 1. The molecule has 98 valence electrons. The van der Waals surface area contributed by atoms with Gasteiger partial charge in [-0.3, -0.25) is 0 Å². The molecule has 4 heteroatoms. The molecule has 0 aliphatic carbocycles. The number of para-hydroxylation sites is 1. The summed E-state index contributed by atoms with van der Waals surface area (Å²) in [4.78, 5) is 14.3. The molecule has 1 aromatic rings. The van der Waals surface area contributed by atoms with E-state index < -0.39 is 0 Å². The van der Waals surface area contributed by atoms with E-state index in [1.54, 1.807) is 0 Å². The van der Waals surface area contributed by atoms with E-state index in [4.69, 9.17) is 0 Å². The number of nitrogens with zero attached hydrogens (tertiary/aromatic N) is 1. The molecule has 1 heterocycles. The van der Waals surface area contributed by atoms with Gasteiger partial charge in [0, 0.05) is 16.2 Å². The van der Waals surface area contributed by atoms with Crippen LogP contribution in [0.25, 0.3) is 0 Å². The molecule has 1 atom stereocenters. The number of rotatable bonds is 2. The number of anilines is 1. The lowest BCUT2D eigenvalue weighted by molar-refractivity contribution is 0.160. The van der Waals surface area contributed by atoms with Gasteiger partial charge >= 0.3 is 6.03 Å². The van der Waals surface area contributed by atoms with Crippen LogP contribution in [-0.4, -0.2) is 23.5 Å². The number of halogens is 1.